The summed E-state index contributed by atoms with van der Waals surface area (Å²) in [5.74, 6) is 0.563. The van der Waals surface area contributed by atoms with Crippen LogP contribution in [0.25, 0.3) is 22.1 Å². The predicted molar refractivity (Wildman–Crippen MR) is 108 cm³/mol. The van der Waals surface area contributed by atoms with Gasteiger partial charge in [0.05, 0.1) is 12.8 Å². The maximum Gasteiger partial charge on any atom is 0.349 e. The summed E-state index contributed by atoms with van der Waals surface area (Å²) >= 11 is 0. The van der Waals surface area contributed by atoms with Crippen molar-refractivity contribution < 1.29 is 18.5 Å². The molecule has 7 heteroatoms. The van der Waals surface area contributed by atoms with Crippen LogP contribution in [0, 0.1) is 13.8 Å². The number of aryl methyl sites for hydroxylation is 2. The Morgan fingerprint density at radius 1 is 1.10 bits per heavy atom. The van der Waals surface area contributed by atoms with Gasteiger partial charge in [-0.05, 0) is 43.7 Å². The molecule has 0 aliphatic rings. The summed E-state index contributed by atoms with van der Waals surface area (Å²) in [6.07, 6.45) is 0. The highest BCUT2D eigenvalue weighted by atomic mass is 16.5. The fourth-order valence-corrected chi connectivity index (χ4v) is 3.28. The van der Waals surface area contributed by atoms with Crippen molar-refractivity contribution in [2.75, 3.05) is 12.4 Å². The Hall–Kier alpha value is -3.87. The molecule has 4 aromatic rings. The second kappa shape index (κ2) is 7.27. The third kappa shape index (κ3) is 3.38. The summed E-state index contributed by atoms with van der Waals surface area (Å²) in [6.45, 7) is 3.68. The maximum atomic E-state index is 12.7. The molecule has 146 valence electrons. The van der Waals surface area contributed by atoms with Gasteiger partial charge >= 0.3 is 5.63 Å². The second-order valence-electron chi connectivity index (χ2n) is 6.56. The monoisotopic (exact) mass is 390 g/mol. The largest absolute Gasteiger partial charge is 0.493 e. The molecule has 0 atom stereocenters. The molecule has 4 rings (SSSR count). The molecule has 2 aromatic carbocycles. The number of nitrogens with one attached hydrogen (secondary N) is 1. The van der Waals surface area contributed by atoms with Gasteiger partial charge < -0.3 is 19.0 Å². The number of rotatable bonds is 4. The zero-order valence-corrected chi connectivity index (χ0v) is 16.1. The molecule has 1 N–H and O–H groups in total. The minimum atomic E-state index is -0.735. The van der Waals surface area contributed by atoms with E-state index in [4.69, 9.17) is 13.7 Å². The van der Waals surface area contributed by atoms with Gasteiger partial charge in [0.2, 0.25) is 0 Å². The number of fused-ring (bicyclic) bond motifs is 1. The van der Waals surface area contributed by atoms with Gasteiger partial charge in [0.15, 0.2) is 11.3 Å². The Morgan fingerprint density at radius 2 is 1.90 bits per heavy atom. The van der Waals surface area contributed by atoms with Crippen molar-refractivity contribution in [2.24, 2.45) is 0 Å². The third-order valence-corrected chi connectivity index (χ3v) is 4.63. The number of hydrogen-bond donors (Lipinski definition) is 1. The maximum absolute atomic E-state index is 12.7. The van der Waals surface area contributed by atoms with Crippen molar-refractivity contribution in [1.82, 2.24) is 5.16 Å². The normalized spacial score (nSPS) is 10.9. The Balaban J connectivity index is 1.68. The van der Waals surface area contributed by atoms with Crippen molar-refractivity contribution in [3.8, 4) is 16.9 Å². The molecule has 0 radical (unpaired) electrons. The lowest BCUT2D eigenvalue weighted by atomic mass is 10.0. The Morgan fingerprint density at radius 3 is 2.62 bits per heavy atom. The number of para-hydroxylation sites is 1. The van der Waals surface area contributed by atoms with Gasteiger partial charge in [0, 0.05) is 16.6 Å². The van der Waals surface area contributed by atoms with E-state index in [1.807, 2.05) is 26.0 Å². The predicted octanol–water partition coefficient (Wildman–Crippen LogP) is 4.33. The first kappa shape index (κ1) is 18.5. The first-order chi connectivity index (χ1) is 14.0. The standard InChI is InChI=1S/C22H18N2O5/c1-12-19(13(2)29-24-12)14-6-4-8-16(10-14)23-21(25)17-11-15-7-5-9-18(27-3)20(15)28-22(17)26/h4-11H,1-3H3,(H,23,25). The van der Waals surface area contributed by atoms with Gasteiger partial charge in [-0.2, -0.15) is 0 Å². The number of anilines is 1. The first-order valence-corrected chi connectivity index (χ1v) is 8.93. The highest BCUT2D eigenvalue weighted by Gasteiger charge is 2.17. The lowest BCUT2D eigenvalue weighted by molar-refractivity contribution is 0.102. The summed E-state index contributed by atoms with van der Waals surface area (Å²) in [5.41, 5.74) is 2.51. The molecule has 0 unspecified atom stereocenters. The van der Waals surface area contributed by atoms with Gasteiger partial charge in [-0.3, -0.25) is 4.79 Å². The number of nitrogens with zero attached hydrogens (tertiary/aromatic N) is 1. The minimum absolute atomic E-state index is 0.0894. The molecule has 2 aromatic heterocycles. The van der Waals surface area contributed by atoms with E-state index in [0.29, 0.717) is 28.2 Å². The number of benzene rings is 2. The molecule has 0 saturated heterocycles. The van der Waals surface area contributed by atoms with Crippen LogP contribution >= 0.6 is 0 Å². The molecule has 29 heavy (non-hydrogen) atoms. The van der Waals surface area contributed by atoms with Crippen LogP contribution in [0.15, 0.2) is 62.3 Å². The van der Waals surface area contributed by atoms with Crippen LogP contribution in [0.3, 0.4) is 0 Å². The van der Waals surface area contributed by atoms with E-state index in [2.05, 4.69) is 10.5 Å². The molecule has 0 aliphatic heterocycles. The van der Waals surface area contributed by atoms with Crippen molar-refractivity contribution >= 4 is 22.6 Å². The van der Waals surface area contributed by atoms with E-state index in [9.17, 15) is 9.59 Å². The van der Waals surface area contributed by atoms with Crippen molar-refractivity contribution in [3.63, 3.8) is 0 Å². The van der Waals surface area contributed by atoms with E-state index in [1.54, 1.807) is 30.3 Å². The van der Waals surface area contributed by atoms with Gasteiger partial charge in [-0.1, -0.05) is 29.4 Å². The van der Waals surface area contributed by atoms with Gasteiger partial charge in [0.1, 0.15) is 11.3 Å². The van der Waals surface area contributed by atoms with Crippen LogP contribution < -0.4 is 15.7 Å². The smallest absolute Gasteiger partial charge is 0.349 e. The zero-order chi connectivity index (χ0) is 20.5. The highest BCUT2D eigenvalue weighted by Crippen LogP contribution is 2.29. The molecule has 0 bridgehead atoms. The van der Waals surface area contributed by atoms with Crippen LogP contribution in [-0.4, -0.2) is 18.2 Å². The van der Waals surface area contributed by atoms with Gasteiger partial charge in [-0.25, -0.2) is 4.79 Å². The number of carbonyl (C=O) groups is 1. The van der Waals surface area contributed by atoms with E-state index in [1.165, 1.54) is 13.2 Å². The quantitative estimate of drug-likeness (QED) is 0.521. The fraction of sp³-hybridized carbons (Fsp3) is 0.136. The minimum Gasteiger partial charge on any atom is -0.493 e. The number of hydrogen-bond acceptors (Lipinski definition) is 6. The third-order valence-electron chi connectivity index (χ3n) is 4.63. The summed E-state index contributed by atoms with van der Waals surface area (Å²) in [4.78, 5) is 25.1. The van der Waals surface area contributed by atoms with Crippen LogP contribution in [0.4, 0.5) is 5.69 Å². The molecule has 0 saturated carbocycles. The number of aromatic nitrogens is 1. The van der Waals surface area contributed by atoms with Crippen LogP contribution in [0.5, 0.6) is 5.75 Å². The first-order valence-electron chi connectivity index (χ1n) is 8.93. The molecular weight excluding hydrogens is 372 g/mol. The average molecular weight is 390 g/mol. The fourth-order valence-electron chi connectivity index (χ4n) is 3.28. The SMILES string of the molecule is COc1cccc2cc(C(=O)Nc3cccc(-c4c(C)noc4C)c3)c(=O)oc12. The molecule has 0 aliphatic carbocycles. The summed E-state index contributed by atoms with van der Waals surface area (Å²) in [5, 5.41) is 7.31. The molecule has 0 fully saturated rings. The van der Waals surface area contributed by atoms with Crippen LogP contribution in [0.2, 0.25) is 0 Å². The van der Waals surface area contributed by atoms with Gasteiger partial charge in [0.25, 0.3) is 5.91 Å². The van der Waals surface area contributed by atoms with Crippen molar-refractivity contribution in [2.45, 2.75) is 13.8 Å². The van der Waals surface area contributed by atoms with E-state index in [-0.39, 0.29) is 5.56 Å². The molecular formula is C22H18N2O5. The second-order valence-corrected chi connectivity index (χ2v) is 6.56. The topological polar surface area (TPSA) is 94.6 Å². The highest BCUT2D eigenvalue weighted by molar-refractivity contribution is 6.06. The number of ether oxygens (including phenoxy) is 1. The Bertz CT molecular complexity index is 1270. The van der Waals surface area contributed by atoms with Crippen LogP contribution in [0.1, 0.15) is 21.8 Å². The zero-order valence-electron chi connectivity index (χ0n) is 16.1. The van der Waals surface area contributed by atoms with Crippen molar-refractivity contribution in [3.05, 3.63) is 76.0 Å². The van der Waals surface area contributed by atoms with Crippen LogP contribution in [-0.2, 0) is 0 Å². The lowest BCUT2D eigenvalue weighted by Gasteiger charge is -2.08. The Labute approximate surface area is 165 Å². The van der Waals surface area contributed by atoms with E-state index >= 15 is 0 Å². The number of methoxy groups -OCH3 is 1. The Kier molecular flexibility index (Phi) is 4.64. The molecule has 0 spiro atoms. The number of carbonyl (C=O) groups excluding carboxylic acids is 1. The number of amides is 1. The summed E-state index contributed by atoms with van der Waals surface area (Å²) < 4.78 is 15.7. The molecule has 2 heterocycles. The van der Waals surface area contributed by atoms with Crippen molar-refractivity contribution in [1.29, 1.82) is 0 Å². The van der Waals surface area contributed by atoms with Gasteiger partial charge in [-0.15, -0.1) is 0 Å². The average Bonchev–Trinajstić information content (AvgIpc) is 3.05. The summed E-state index contributed by atoms with van der Waals surface area (Å²) in [7, 11) is 1.49. The summed E-state index contributed by atoms with van der Waals surface area (Å²) in [6, 6.07) is 13.9. The van der Waals surface area contributed by atoms with E-state index in [0.717, 1.165) is 16.8 Å². The molecule has 1 amide bonds. The van der Waals surface area contributed by atoms with E-state index < -0.39 is 11.5 Å². The lowest BCUT2D eigenvalue weighted by Crippen LogP contribution is -2.20. The molecule has 7 nitrogen and oxygen atoms in total.